The monoisotopic (exact) mass is 378 g/mol. The van der Waals surface area contributed by atoms with E-state index in [4.69, 9.17) is 4.74 Å². The third-order valence-corrected chi connectivity index (χ3v) is 5.29. The van der Waals surface area contributed by atoms with E-state index in [-0.39, 0.29) is 11.8 Å². The van der Waals surface area contributed by atoms with Crippen LogP contribution >= 0.6 is 0 Å². The molecule has 1 fully saturated rings. The van der Waals surface area contributed by atoms with Gasteiger partial charge in [0.1, 0.15) is 5.65 Å². The van der Waals surface area contributed by atoms with E-state index < -0.39 is 0 Å². The molecule has 2 aromatic heterocycles. The lowest BCUT2D eigenvalue weighted by atomic mass is 9.98. The van der Waals surface area contributed by atoms with Gasteiger partial charge in [0.2, 0.25) is 5.91 Å². The van der Waals surface area contributed by atoms with E-state index in [9.17, 15) is 4.79 Å². The Kier molecular flexibility index (Phi) is 5.69. The summed E-state index contributed by atoms with van der Waals surface area (Å²) in [4.78, 5) is 19.5. The molecule has 3 heterocycles. The fraction of sp³-hybridized carbons (Fsp3) is 0.364. The van der Waals surface area contributed by atoms with E-state index in [1.807, 2.05) is 66.2 Å². The second-order valence-electron chi connectivity index (χ2n) is 7.18. The van der Waals surface area contributed by atoms with Gasteiger partial charge in [0.25, 0.3) is 0 Å². The number of imidazole rings is 1. The van der Waals surface area contributed by atoms with Gasteiger partial charge in [-0.1, -0.05) is 30.3 Å². The van der Waals surface area contributed by atoms with Gasteiger partial charge in [0.05, 0.1) is 24.8 Å². The van der Waals surface area contributed by atoms with Crippen molar-refractivity contribution in [3.8, 4) is 11.3 Å². The highest BCUT2D eigenvalue weighted by Gasteiger charge is 2.16. The SMILES string of the molecule is CC(C(=O)NCCN1CCOCC1)c1ccc(-c2cn3ccccc3n2)cc1. The topological polar surface area (TPSA) is 58.9 Å². The van der Waals surface area contributed by atoms with Gasteiger partial charge >= 0.3 is 0 Å². The molecule has 1 unspecified atom stereocenters. The molecule has 0 bridgehead atoms. The Morgan fingerprint density at radius 1 is 1.18 bits per heavy atom. The highest BCUT2D eigenvalue weighted by molar-refractivity contribution is 5.83. The predicted molar refractivity (Wildman–Crippen MR) is 109 cm³/mol. The molecule has 28 heavy (non-hydrogen) atoms. The van der Waals surface area contributed by atoms with Crippen molar-refractivity contribution in [2.45, 2.75) is 12.8 Å². The van der Waals surface area contributed by atoms with Crippen LogP contribution in [0, 0.1) is 0 Å². The number of hydrogen-bond donors (Lipinski definition) is 1. The molecule has 4 rings (SSSR count). The minimum Gasteiger partial charge on any atom is -0.379 e. The number of fused-ring (bicyclic) bond motifs is 1. The molecule has 0 spiro atoms. The number of hydrogen-bond acceptors (Lipinski definition) is 4. The lowest BCUT2D eigenvalue weighted by Crippen LogP contribution is -2.42. The number of carbonyl (C=O) groups is 1. The summed E-state index contributed by atoms with van der Waals surface area (Å²) in [6, 6.07) is 14.1. The van der Waals surface area contributed by atoms with Crippen LogP contribution in [0.2, 0.25) is 0 Å². The molecule has 1 aliphatic heterocycles. The third-order valence-electron chi connectivity index (χ3n) is 5.29. The van der Waals surface area contributed by atoms with E-state index in [1.54, 1.807) is 0 Å². The molecule has 0 saturated carbocycles. The highest BCUT2D eigenvalue weighted by atomic mass is 16.5. The van der Waals surface area contributed by atoms with Gasteiger partial charge in [0.15, 0.2) is 0 Å². The Morgan fingerprint density at radius 3 is 2.71 bits per heavy atom. The molecule has 6 nitrogen and oxygen atoms in total. The van der Waals surface area contributed by atoms with Crippen LogP contribution in [-0.2, 0) is 9.53 Å². The summed E-state index contributed by atoms with van der Waals surface area (Å²) < 4.78 is 7.35. The number of nitrogens with one attached hydrogen (secondary N) is 1. The molecule has 0 radical (unpaired) electrons. The maximum Gasteiger partial charge on any atom is 0.227 e. The minimum absolute atomic E-state index is 0.0636. The number of carbonyl (C=O) groups excluding carboxylic acids is 1. The standard InChI is InChI=1S/C22H26N4O2/c1-17(22(27)23-9-11-25-12-14-28-15-13-25)18-5-7-19(8-6-18)20-16-26-10-3-2-4-21(26)24-20/h2-8,10,16-17H,9,11-15H2,1H3,(H,23,27). The van der Waals surface area contributed by atoms with Gasteiger partial charge in [-0.2, -0.15) is 0 Å². The second kappa shape index (κ2) is 8.54. The largest absolute Gasteiger partial charge is 0.379 e. The molecule has 0 aliphatic carbocycles. The third kappa shape index (κ3) is 4.24. The van der Waals surface area contributed by atoms with E-state index >= 15 is 0 Å². The number of ether oxygens (including phenoxy) is 1. The predicted octanol–water partition coefficient (Wildman–Crippen LogP) is 2.55. The number of morpholine rings is 1. The van der Waals surface area contributed by atoms with Crippen LogP contribution in [0.1, 0.15) is 18.4 Å². The molecule has 1 atom stereocenters. The first-order valence-electron chi connectivity index (χ1n) is 9.82. The van der Waals surface area contributed by atoms with E-state index in [2.05, 4.69) is 15.2 Å². The van der Waals surface area contributed by atoms with Crippen LogP contribution in [0.5, 0.6) is 0 Å². The maximum absolute atomic E-state index is 12.5. The summed E-state index contributed by atoms with van der Waals surface area (Å²) in [6.45, 7) is 6.93. The lowest BCUT2D eigenvalue weighted by Gasteiger charge is -2.26. The maximum atomic E-state index is 12.5. The Bertz CT molecular complexity index is 896. The molecule has 146 valence electrons. The summed E-state index contributed by atoms with van der Waals surface area (Å²) >= 11 is 0. The lowest BCUT2D eigenvalue weighted by molar-refractivity contribution is -0.122. The fourth-order valence-corrected chi connectivity index (χ4v) is 3.48. The quantitative estimate of drug-likeness (QED) is 0.716. The van der Waals surface area contributed by atoms with Gasteiger partial charge in [-0.3, -0.25) is 9.69 Å². The first kappa shape index (κ1) is 18.7. The minimum atomic E-state index is -0.181. The van der Waals surface area contributed by atoms with Gasteiger partial charge in [-0.25, -0.2) is 4.98 Å². The number of rotatable bonds is 6. The zero-order valence-electron chi connectivity index (χ0n) is 16.2. The van der Waals surface area contributed by atoms with Gasteiger partial charge in [0, 0.05) is 44.1 Å². The van der Waals surface area contributed by atoms with Gasteiger partial charge < -0.3 is 14.5 Å². The number of aromatic nitrogens is 2. The Morgan fingerprint density at radius 2 is 1.96 bits per heavy atom. The molecule has 1 aromatic carbocycles. The van der Waals surface area contributed by atoms with Gasteiger partial charge in [-0.05, 0) is 24.6 Å². The summed E-state index contributed by atoms with van der Waals surface area (Å²) in [5.74, 6) is -0.117. The molecule has 6 heteroatoms. The normalized spacial score (nSPS) is 16.2. The summed E-state index contributed by atoms with van der Waals surface area (Å²) in [6.07, 6.45) is 4.01. The Hall–Kier alpha value is -2.70. The zero-order valence-corrected chi connectivity index (χ0v) is 16.2. The summed E-state index contributed by atoms with van der Waals surface area (Å²) in [7, 11) is 0. The average Bonchev–Trinajstić information content (AvgIpc) is 3.18. The van der Waals surface area contributed by atoms with E-state index in [0.717, 1.165) is 55.3 Å². The van der Waals surface area contributed by atoms with Crippen molar-refractivity contribution in [2.24, 2.45) is 0 Å². The number of nitrogens with zero attached hydrogens (tertiary/aromatic N) is 3. The van der Waals surface area contributed by atoms with Crippen molar-refractivity contribution in [3.63, 3.8) is 0 Å². The zero-order chi connectivity index (χ0) is 19.3. The number of pyridine rings is 1. The van der Waals surface area contributed by atoms with Gasteiger partial charge in [-0.15, -0.1) is 0 Å². The summed E-state index contributed by atoms with van der Waals surface area (Å²) in [5.41, 5.74) is 3.92. The van der Waals surface area contributed by atoms with Crippen LogP contribution < -0.4 is 5.32 Å². The Labute approximate surface area is 165 Å². The number of amides is 1. The van der Waals surface area contributed by atoms with Crippen LogP contribution in [0.25, 0.3) is 16.9 Å². The van der Waals surface area contributed by atoms with Crippen LogP contribution in [0.4, 0.5) is 0 Å². The second-order valence-corrected chi connectivity index (χ2v) is 7.18. The molecular weight excluding hydrogens is 352 g/mol. The van der Waals surface area contributed by atoms with Crippen molar-refractivity contribution in [1.82, 2.24) is 19.6 Å². The first-order valence-corrected chi connectivity index (χ1v) is 9.82. The van der Waals surface area contributed by atoms with Crippen LogP contribution in [0.3, 0.4) is 0 Å². The first-order chi connectivity index (χ1) is 13.7. The van der Waals surface area contributed by atoms with Crippen molar-refractivity contribution in [2.75, 3.05) is 39.4 Å². The molecular formula is C22H26N4O2. The van der Waals surface area contributed by atoms with Crippen molar-refractivity contribution in [1.29, 1.82) is 0 Å². The Balaban J connectivity index is 1.35. The van der Waals surface area contributed by atoms with E-state index in [0.29, 0.717) is 6.54 Å². The van der Waals surface area contributed by atoms with E-state index in [1.165, 1.54) is 0 Å². The molecule has 1 N–H and O–H groups in total. The molecule has 3 aromatic rings. The highest BCUT2D eigenvalue weighted by Crippen LogP contribution is 2.23. The molecule has 1 saturated heterocycles. The fourth-order valence-electron chi connectivity index (χ4n) is 3.48. The van der Waals surface area contributed by atoms with Crippen molar-refractivity contribution >= 4 is 11.6 Å². The average molecular weight is 378 g/mol. The molecule has 1 aliphatic rings. The summed E-state index contributed by atoms with van der Waals surface area (Å²) in [5, 5.41) is 3.06. The van der Waals surface area contributed by atoms with Crippen molar-refractivity contribution in [3.05, 3.63) is 60.4 Å². The van der Waals surface area contributed by atoms with Crippen LogP contribution in [-0.4, -0.2) is 59.6 Å². The number of benzene rings is 1. The van der Waals surface area contributed by atoms with Crippen LogP contribution in [0.15, 0.2) is 54.9 Å². The smallest absolute Gasteiger partial charge is 0.227 e. The van der Waals surface area contributed by atoms with Crippen molar-refractivity contribution < 1.29 is 9.53 Å². The molecule has 1 amide bonds.